The largest absolute Gasteiger partial charge is 0.481 e. The van der Waals surface area contributed by atoms with Crippen LogP contribution in [0, 0.1) is 11.8 Å². The topological polar surface area (TPSA) is 74.6 Å². The molecule has 1 aliphatic rings. The fourth-order valence-electron chi connectivity index (χ4n) is 2.74. The highest BCUT2D eigenvalue weighted by Gasteiger charge is 2.28. The van der Waals surface area contributed by atoms with Crippen molar-refractivity contribution < 1.29 is 19.8 Å². The fourth-order valence-corrected chi connectivity index (χ4v) is 2.74. The molecule has 1 aliphatic carbocycles. The van der Waals surface area contributed by atoms with Gasteiger partial charge in [-0.1, -0.05) is 61.6 Å². The summed E-state index contributed by atoms with van der Waals surface area (Å²) in [5, 5.41) is 18.8. The highest BCUT2D eigenvalue weighted by Crippen LogP contribution is 2.28. The van der Waals surface area contributed by atoms with Crippen LogP contribution in [0.4, 0.5) is 0 Å². The maximum atomic E-state index is 11.8. The van der Waals surface area contributed by atoms with E-state index in [0.29, 0.717) is 12.8 Å². The van der Waals surface area contributed by atoms with Gasteiger partial charge in [0.05, 0.1) is 6.10 Å². The Morgan fingerprint density at radius 3 is 2.46 bits per heavy atom. The SMILES string of the molecule is CC/C=C\C/C=C/C/C=C\C[C@@H](O)/C=C/[C@@H]1C=CC(=O)[C@@H]1CCC(=O)O. The zero-order valence-electron chi connectivity index (χ0n) is 15.5. The number of rotatable bonds is 12. The molecule has 0 heterocycles. The predicted octanol–water partition coefficient (Wildman–Crippen LogP) is 4.39. The molecule has 0 aromatic carbocycles. The van der Waals surface area contributed by atoms with Gasteiger partial charge in [-0.15, -0.1) is 0 Å². The molecule has 4 heteroatoms. The number of carboxylic acid groups (broad SMARTS) is 1. The van der Waals surface area contributed by atoms with Gasteiger partial charge < -0.3 is 10.2 Å². The van der Waals surface area contributed by atoms with Crippen molar-refractivity contribution >= 4 is 11.8 Å². The molecule has 0 saturated heterocycles. The first-order valence-corrected chi connectivity index (χ1v) is 9.29. The second-order valence-corrected chi connectivity index (χ2v) is 6.36. The number of aliphatic hydroxyl groups is 1. The molecule has 142 valence electrons. The van der Waals surface area contributed by atoms with Crippen LogP contribution >= 0.6 is 0 Å². The summed E-state index contributed by atoms with van der Waals surface area (Å²) in [6, 6.07) is 0. The monoisotopic (exact) mass is 358 g/mol. The molecule has 0 saturated carbocycles. The van der Waals surface area contributed by atoms with Crippen LogP contribution in [0.1, 0.15) is 45.4 Å². The van der Waals surface area contributed by atoms with E-state index in [1.807, 2.05) is 18.2 Å². The maximum absolute atomic E-state index is 11.8. The number of carbonyl (C=O) groups excluding carboxylic acids is 1. The van der Waals surface area contributed by atoms with Crippen molar-refractivity contribution in [2.24, 2.45) is 11.8 Å². The molecule has 1 rings (SSSR count). The van der Waals surface area contributed by atoms with E-state index in [0.717, 1.165) is 19.3 Å². The normalized spacial score (nSPS) is 21.8. The van der Waals surface area contributed by atoms with Gasteiger partial charge in [-0.25, -0.2) is 0 Å². The smallest absolute Gasteiger partial charge is 0.303 e. The minimum absolute atomic E-state index is 0.0184. The average molecular weight is 358 g/mol. The zero-order chi connectivity index (χ0) is 19.2. The summed E-state index contributed by atoms with van der Waals surface area (Å²) >= 11 is 0. The highest BCUT2D eigenvalue weighted by atomic mass is 16.4. The fraction of sp³-hybridized carbons (Fsp3) is 0.455. The summed E-state index contributed by atoms with van der Waals surface area (Å²) in [6.07, 6.45) is 22.3. The van der Waals surface area contributed by atoms with E-state index in [4.69, 9.17) is 5.11 Å². The summed E-state index contributed by atoms with van der Waals surface area (Å²) in [4.78, 5) is 22.5. The third-order valence-electron chi connectivity index (χ3n) is 4.20. The molecule has 0 bridgehead atoms. The van der Waals surface area contributed by atoms with Crippen LogP contribution in [0.3, 0.4) is 0 Å². The van der Waals surface area contributed by atoms with Crippen LogP contribution in [0.15, 0.2) is 60.8 Å². The number of aliphatic hydroxyl groups excluding tert-OH is 1. The third kappa shape index (κ3) is 9.33. The number of ketones is 1. The van der Waals surface area contributed by atoms with Crippen LogP contribution < -0.4 is 0 Å². The van der Waals surface area contributed by atoms with E-state index in [-0.39, 0.29) is 24.0 Å². The van der Waals surface area contributed by atoms with Gasteiger partial charge in [-0.05, 0) is 38.2 Å². The predicted molar refractivity (Wildman–Crippen MR) is 105 cm³/mol. The Balaban J connectivity index is 2.32. The van der Waals surface area contributed by atoms with E-state index in [1.165, 1.54) is 6.08 Å². The van der Waals surface area contributed by atoms with Crippen LogP contribution in [-0.2, 0) is 9.59 Å². The molecule has 4 nitrogen and oxygen atoms in total. The molecular formula is C22H30O4. The van der Waals surface area contributed by atoms with Gasteiger partial charge >= 0.3 is 5.97 Å². The number of carbonyl (C=O) groups is 2. The maximum Gasteiger partial charge on any atom is 0.303 e. The Labute approximate surface area is 156 Å². The molecule has 0 spiro atoms. The lowest BCUT2D eigenvalue weighted by atomic mass is 9.89. The van der Waals surface area contributed by atoms with Gasteiger partial charge in [0.15, 0.2) is 5.78 Å². The van der Waals surface area contributed by atoms with E-state index in [1.54, 1.807) is 12.2 Å². The standard InChI is InChI=1S/C22H30O4/c1-2-3-4-5-6-7-8-9-10-11-19(23)14-12-18-13-16-21(24)20(18)15-17-22(25)26/h3-4,6-7,9-10,12-14,16,18-20,23H,2,5,8,11,15,17H2,1H3,(H,25,26)/b4-3-,7-6+,10-9-,14-12+/t18-,19-,20-/m1/s1. The van der Waals surface area contributed by atoms with Gasteiger partial charge in [-0.3, -0.25) is 9.59 Å². The van der Waals surface area contributed by atoms with Crippen molar-refractivity contribution in [1.29, 1.82) is 0 Å². The Hall–Kier alpha value is -2.20. The molecule has 0 amide bonds. The van der Waals surface area contributed by atoms with Crippen LogP contribution in [-0.4, -0.2) is 28.1 Å². The second kappa shape index (κ2) is 13.1. The van der Waals surface area contributed by atoms with Crippen LogP contribution in [0.25, 0.3) is 0 Å². The lowest BCUT2D eigenvalue weighted by Crippen LogP contribution is -2.16. The van der Waals surface area contributed by atoms with Gasteiger partial charge in [0.1, 0.15) is 0 Å². The Kier molecular flexibility index (Phi) is 11.0. The first kappa shape index (κ1) is 21.8. The lowest BCUT2D eigenvalue weighted by Gasteiger charge is -2.14. The minimum Gasteiger partial charge on any atom is -0.481 e. The van der Waals surface area contributed by atoms with E-state index >= 15 is 0 Å². The first-order valence-electron chi connectivity index (χ1n) is 9.29. The minimum atomic E-state index is -0.895. The van der Waals surface area contributed by atoms with Crippen LogP contribution in [0.2, 0.25) is 0 Å². The molecule has 0 radical (unpaired) electrons. The molecule has 2 N–H and O–H groups in total. The first-order chi connectivity index (χ1) is 12.5. The second-order valence-electron chi connectivity index (χ2n) is 6.36. The van der Waals surface area contributed by atoms with Crippen molar-refractivity contribution in [3.8, 4) is 0 Å². The summed E-state index contributed by atoms with van der Waals surface area (Å²) in [7, 11) is 0. The van der Waals surface area contributed by atoms with E-state index < -0.39 is 12.1 Å². The van der Waals surface area contributed by atoms with Crippen molar-refractivity contribution in [1.82, 2.24) is 0 Å². The average Bonchev–Trinajstić information content (AvgIpc) is 2.96. The summed E-state index contributed by atoms with van der Waals surface area (Å²) in [6.45, 7) is 2.11. The number of hydrogen-bond donors (Lipinski definition) is 2. The Morgan fingerprint density at radius 2 is 1.81 bits per heavy atom. The number of carboxylic acids is 1. The van der Waals surface area contributed by atoms with Gasteiger partial charge in [-0.2, -0.15) is 0 Å². The lowest BCUT2D eigenvalue weighted by molar-refractivity contribution is -0.137. The quantitative estimate of drug-likeness (QED) is 0.507. The summed E-state index contributed by atoms with van der Waals surface area (Å²) in [5.41, 5.74) is 0. The number of allylic oxidation sites excluding steroid dienone is 8. The Bertz CT molecular complexity index is 581. The molecular weight excluding hydrogens is 328 g/mol. The highest BCUT2D eigenvalue weighted by molar-refractivity contribution is 5.95. The van der Waals surface area contributed by atoms with E-state index in [2.05, 4.69) is 31.2 Å². The van der Waals surface area contributed by atoms with E-state index in [9.17, 15) is 14.7 Å². The number of hydrogen-bond acceptors (Lipinski definition) is 3. The Morgan fingerprint density at radius 1 is 1.15 bits per heavy atom. The molecule has 0 fully saturated rings. The van der Waals surface area contributed by atoms with Gasteiger partial charge in [0.2, 0.25) is 0 Å². The van der Waals surface area contributed by atoms with Gasteiger partial charge in [0.25, 0.3) is 0 Å². The summed E-state index contributed by atoms with van der Waals surface area (Å²) < 4.78 is 0. The molecule has 0 aromatic rings. The van der Waals surface area contributed by atoms with Crippen molar-refractivity contribution in [2.75, 3.05) is 0 Å². The molecule has 0 unspecified atom stereocenters. The zero-order valence-corrected chi connectivity index (χ0v) is 15.5. The molecule has 0 aromatic heterocycles. The van der Waals surface area contributed by atoms with Crippen LogP contribution in [0.5, 0.6) is 0 Å². The molecule has 26 heavy (non-hydrogen) atoms. The van der Waals surface area contributed by atoms with Crippen molar-refractivity contribution in [3.63, 3.8) is 0 Å². The molecule has 0 aliphatic heterocycles. The van der Waals surface area contributed by atoms with Crippen molar-refractivity contribution in [2.45, 2.75) is 51.6 Å². The third-order valence-corrected chi connectivity index (χ3v) is 4.20. The molecule has 3 atom stereocenters. The summed E-state index contributed by atoms with van der Waals surface area (Å²) in [5.74, 6) is -1.37. The van der Waals surface area contributed by atoms with Crippen molar-refractivity contribution in [3.05, 3.63) is 60.8 Å². The van der Waals surface area contributed by atoms with Gasteiger partial charge in [0, 0.05) is 18.3 Å². The number of aliphatic carboxylic acids is 1.